The fourth-order valence-electron chi connectivity index (χ4n) is 0.998. The van der Waals surface area contributed by atoms with Crippen molar-refractivity contribution in [2.75, 3.05) is 6.61 Å². The Bertz CT molecular complexity index is 353. The van der Waals surface area contributed by atoms with Gasteiger partial charge in [-0.25, -0.2) is 0 Å². The minimum absolute atomic E-state index is 0.154. The van der Waals surface area contributed by atoms with Gasteiger partial charge in [0.25, 0.3) is 0 Å². The molecule has 82 valence electrons. The van der Waals surface area contributed by atoms with E-state index < -0.39 is 5.97 Å². The van der Waals surface area contributed by atoms with Crippen molar-refractivity contribution < 1.29 is 14.6 Å². The van der Waals surface area contributed by atoms with Crippen molar-refractivity contribution in [1.29, 1.82) is 0 Å². The Morgan fingerprint density at radius 2 is 2.13 bits per heavy atom. The summed E-state index contributed by atoms with van der Waals surface area (Å²) in [4.78, 5) is 10.3. The van der Waals surface area contributed by atoms with Crippen LogP contribution in [-0.2, 0) is 4.79 Å². The van der Waals surface area contributed by atoms with Gasteiger partial charge in [-0.15, -0.1) is 0 Å². The second-order valence-electron chi connectivity index (χ2n) is 2.92. The van der Waals surface area contributed by atoms with E-state index in [1.165, 1.54) is 0 Å². The van der Waals surface area contributed by atoms with Gasteiger partial charge in [-0.3, -0.25) is 4.79 Å². The second-order valence-corrected chi connectivity index (χ2v) is 5.33. The maximum atomic E-state index is 10.3. The van der Waals surface area contributed by atoms with Crippen LogP contribution in [0.2, 0.25) is 0 Å². The molecule has 0 saturated heterocycles. The first-order valence-electron chi connectivity index (χ1n) is 4.39. The zero-order valence-electron chi connectivity index (χ0n) is 7.87. The number of carboxylic acid groups (broad SMARTS) is 1. The molecule has 0 atom stereocenters. The lowest BCUT2D eigenvalue weighted by atomic mass is 10.3. The van der Waals surface area contributed by atoms with E-state index in [1.54, 1.807) is 0 Å². The lowest BCUT2D eigenvalue weighted by molar-refractivity contribution is -0.137. The predicted molar refractivity (Wildman–Crippen MR) is 74.2 cm³/mol. The maximum Gasteiger partial charge on any atom is 0.303 e. The summed E-state index contributed by atoms with van der Waals surface area (Å²) in [7, 11) is 0. The zero-order valence-corrected chi connectivity index (χ0v) is 12.2. The van der Waals surface area contributed by atoms with Crippen molar-refractivity contribution in [3.05, 3.63) is 25.3 Å². The molecule has 1 N–H and O–H groups in total. The molecule has 5 heteroatoms. The fourth-order valence-corrected chi connectivity index (χ4v) is 2.76. The topological polar surface area (TPSA) is 46.5 Å². The summed E-state index contributed by atoms with van der Waals surface area (Å²) in [5.41, 5.74) is 0. The average Bonchev–Trinajstić information content (AvgIpc) is 2.14. The highest BCUT2D eigenvalue weighted by molar-refractivity contribution is 14.1. The molecule has 15 heavy (non-hydrogen) atoms. The van der Waals surface area contributed by atoms with Crippen molar-refractivity contribution in [2.24, 2.45) is 0 Å². The lowest BCUT2D eigenvalue weighted by Crippen LogP contribution is -2.02. The first-order chi connectivity index (χ1) is 7.09. The van der Waals surface area contributed by atoms with Crippen LogP contribution in [0.25, 0.3) is 0 Å². The number of halogens is 2. The number of rotatable bonds is 5. The summed E-state index contributed by atoms with van der Waals surface area (Å²) in [6.07, 6.45) is 0.693. The minimum atomic E-state index is -0.782. The summed E-state index contributed by atoms with van der Waals surface area (Å²) >= 11 is 4.44. The number of benzene rings is 1. The number of hydrogen-bond donors (Lipinski definition) is 1. The molecule has 0 spiro atoms. The van der Waals surface area contributed by atoms with Gasteiger partial charge in [-0.05, 0) is 69.8 Å². The standard InChI is InChI=1S/C10H10I2O3/c11-7-3-4-9(8(12)6-7)15-5-1-2-10(13)14/h3-4,6H,1-2,5H2,(H,13,14). The normalized spacial score (nSPS) is 10.0. The van der Waals surface area contributed by atoms with Crippen LogP contribution in [0, 0.1) is 7.14 Å². The Morgan fingerprint density at radius 1 is 1.40 bits per heavy atom. The number of aliphatic carboxylic acids is 1. The molecule has 0 fully saturated rings. The molecule has 0 aliphatic rings. The SMILES string of the molecule is O=C(O)CCCOc1ccc(I)cc1I. The van der Waals surface area contributed by atoms with Gasteiger partial charge in [0, 0.05) is 9.99 Å². The Hall–Kier alpha value is -0.0500. The quantitative estimate of drug-likeness (QED) is 0.575. The number of carbonyl (C=O) groups is 1. The van der Waals surface area contributed by atoms with E-state index in [1.807, 2.05) is 18.2 Å². The molecular formula is C10H10I2O3. The molecule has 3 nitrogen and oxygen atoms in total. The molecule has 0 saturated carbocycles. The molecule has 0 amide bonds. The third kappa shape index (κ3) is 5.01. The molecule has 0 aromatic heterocycles. The molecule has 1 rings (SSSR count). The number of hydrogen-bond acceptors (Lipinski definition) is 2. The zero-order chi connectivity index (χ0) is 11.3. The lowest BCUT2D eigenvalue weighted by Gasteiger charge is -2.07. The first kappa shape index (κ1) is 13.0. The molecular weight excluding hydrogens is 422 g/mol. The van der Waals surface area contributed by atoms with Crippen LogP contribution < -0.4 is 4.74 Å². The maximum absolute atomic E-state index is 10.3. The fraction of sp³-hybridized carbons (Fsp3) is 0.300. The smallest absolute Gasteiger partial charge is 0.303 e. The van der Waals surface area contributed by atoms with Gasteiger partial charge in [0.05, 0.1) is 10.2 Å². The van der Waals surface area contributed by atoms with Crippen LogP contribution in [0.5, 0.6) is 5.75 Å². The monoisotopic (exact) mass is 432 g/mol. The van der Waals surface area contributed by atoms with E-state index in [9.17, 15) is 4.79 Å². The molecule has 0 radical (unpaired) electrons. The van der Waals surface area contributed by atoms with Gasteiger partial charge in [0.15, 0.2) is 0 Å². The van der Waals surface area contributed by atoms with Crippen LogP contribution in [0.15, 0.2) is 18.2 Å². The molecule has 1 aromatic carbocycles. The summed E-state index contributed by atoms with van der Waals surface area (Å²) in [6, 6.07) is 5.90. The predicted octanol–water partition coefficient (Wildman–Crippen LogP) is 3.14. The Kier molecular flexibility index (Phi) is 5.65. The molecule has 0 unspecified atom stereocenters. The van der Waals surface area contributed by atoms with Gasteiger partial charge in [0.2, 0.25) is 0 Å². The second kappa shape index (κ2) is 6.51. The van der Waals surface area contributed by atoms with Crippen LogP contribution >= 0.6 is 45.2 Å². The number of ether oxygens (including phenoxy) is 1. The molecule has 0 aliphatic carbocycles. The van der Waals surface area contributed by atoms with Gasteiger partial charge < -0.3 is 9.84 Å². The summed E-state index contributed by atoms with van der Waals surface area (Å²) in [5.74, 6) is 0.0392. The summed E-state index contributed by atoms with van der Waals surface area (Å²) in [5, 5.41) is 8.44. The van der Waals surface area contributed by atoms with Crippen molar-refractivity contribution in [3.63, 3.8) is 0 Å². The highest BCUT2D eigenvalue weighted by Gasteiger charge is 2.02. The van der Waals surface area contributed by atoms with Crippen LogP contribution in [0.3, 0.4) is 0 Å². The van der Waals surface area contributed by atoms with E-state index in [-0.39, 0.29) is 6.42 Å². The van der Waals surface area contributed by atoms with Gasteiger partial charge >= 0.3 is 5.97 Å². The van der Waals surface area contributed by atoms with Gasteiger partial charge in [-0.2, -0.15) is 0 Å². The van der Waals surface area contributed by atoms with Gasteiger partial charge in [-0.1, -0.05) is 0 Å². The van der Waals surface area contributed by atoms with Crippen molar-refractivity contribution >= 4 is 51.2 Å². The van der Waals surface area contributed by atoms with E-state index >= 15 is 0 Å². The van der Waals surface area contributed by atoms with Crippen molar-refractivity contribution in [1.82, 2.24) is 0 Å². The van der Waals surface area contributed by atoms with Crippen molar-refractivity contribution in [3.8, 4) is 5.75 Å². The third-order valence-corrected chi connectivity index (χ3v) is 3.20. The summed E-state index contributed by atoms with van der Waals surface area (Å²) in [6.45, 7) is 0.447. The largest absolute Gasteiger partial charge is 0.492 e. The Morgan fingerprint density at radius 3 is 2.73 bits per heavy atom. The highest BCUT2D eigenvalue weighted by atomic mass is 127. The first-order valence-corrected chi connectivity index (χ1v) is 6.55. The average molecular weight is 432 g/mol. The van der Waals surface area contributed by atoms with Gasteiger partial charge in [0.1, 0.15) is 5.75 Å². The molecule has 0 aliphatic heterocycles. The van der Waals surface area contributed by atoms with Crippen LogP contribution in [0.1, 0.15) is 12.8 Å². The minimum Gasteiger partial charge on any atom is -0.492 e. The summed E-state index contributed by atoms with van der Waals surface area (Å²) < 4.78 is 7.68. The molecule has 1 aromatic rings. The van der Waals surface area contributed by atoms with Crippen molar-refractivity contribution in [2.45, 2.75) is 12.8 Å². The van der Waals surface area contributed by atoms with E-state index in [0.29, 0.717) is 13.0 Å². The van der Waals surface area contributed by atoms with E-state index in [4.69, 9.17) is 9.84 Å². The van der Waals surface area contributed by atoms with E-state index in [0.717, 1.165) is 12.9 Å². The Labute approximate surface area is 115 Å². The number of carboxylic acids is 1. The third-order valence-electron chi connectivity index (χ3n) is 1.69. The van der Waals surface area contributed by atoms with E-state index in [2.05, 4.69) is 45.2 Å². The Balaban J connectivity index is 2.40. The van der Waals surface area contributed by atoms with Crippen LogP contribution in [0.4, 0.5) is 0 Å². The van der Waals surface area contributed by atoms with Crippen LogP contribution in [-0.4, -0.2) is 17.7 Å². The molecule has 0 heterocycles. The highest BCUT2D eigenvalue weighted by Crippen LogP contribution is 2.22. The molecule has 0 bridgehead atoms.